The van der Waals surface area contributed by atoms with Gasteiger partial charge in [0.1, 0.15) is 12.2 Å². The maximum Gasteiger partial charge on any atom is 0.302 e. The Hall–Kier alpha value is -1.75. The maximum absolute atomic E-state index is 12.7. The first kappa shape index (κ1) is 36.1. The van der Waals surface area contributed by atoms with Gasteiger partial charge in [-0.05, 0) is 98.7 Å². The fourth-order valence-corrected chi connectivity index (χ4v) is 11.5. The summed E-state index contributed by atoms with van der Waals surface area (Å²) in [5.74, 6) is -0.350. The van der Waals surface area contributed by atoms with E-state index in [9.17, 15) is 14.4 Å². The summed E-state index contributed by atoms with van der Waals surface area (Å²) in [7, 11) is 0. The monoisotopic (exact) mass is 675 g/mol. The van der Waals surface area contributed by atoms with Gasteiger partial charge in [0.25, 0.3) is 0 Å². The Kier molecular flexibility index (Phi) is 10.3. The van der Waals surface area contributed by atoms with Crippen molar-refractivity contribution >= 4 is 17.8 Å². The molecule has 0 aromatic carbocycles. The van der Waals surface area contributed by atoms with Crippen LogP contribution in [0.4, 0.5) is 0 Å². The molecule has 6 aliphatic rings. The molecule has 10 heteroatoms. The highest BCUT2D eigenvalue weighted by Crippen LogP contribution is 2.70. The molecule has 6 fully saturated rings. The molecule has 1 amide bonds. The second-order valence-corrected chi connectivity index (χ2v) is 17.2. The number of hydrogen-bond acceptors (Lipinski definition) is 9. The minimum Gasteiger partial charge on any atom is -0.462 e. The zero-order valence-electron chi connectivity index (χ0n) is 30.5. The van der Waals surface area contributed by atoms with Gasteiger partial charge in [0, 0.05) is 63.8 Å². The van der Waals surface area contributed by atoms with Crippen LogP contribution in [-0.2, 0) is 43.4 Å². The van der Waals surface area contributed by atoms with Crippen molar-refractivity contribution in [2.75, 3.05) is 6.54 Å². The van der Waals surface area contributed by atoms with Crippen LogP contribution in [0.15, 0.2) is 0 Å². The van der Waals surface area contributed by atoms with Gasteiger partial charge in [-0.25, -0.2) is 0 Å². The lowest BCUT2D eigenvalue weighted by Crippen LogP contribution is -2.65. The molecule has 1 heterocycles. The van der Waals surface area contributed by atoms with E-state index in [0.717, 1.165) is 70.6 Å². The second kappa shape index (κ2) is 13.8. The van der Waals surface area contributed by atoms with Crippen LogP contribution in [0.5, 0.6) is 0 Å². The zero-order valence-corrected chi connectivity index (χ0v) is 30.5. The van der Waals surface area contributed by atoms with Crippen LogP contribution < -0.4 is 5.32 Å². The normalized spacial score (nSPS) is 45.8. The van der Waals surface area contributed by atoms with Gasteiger partial charge >= 0.3 is 11.9 Å². The van der Waals surface area contributed by atoms with Gasteiger partial charge in [-0.3, -0.25) is 14.4 Å². The van der Waals surface area contributed by atoms with Crippen LogP contribution in [0.1, 0.15) is 138 Å². The standard InChI is InChI=1S/C38H61NO9/c1-8-19-39-33(42)12-9-24(3)28-10-11-29-34-30(21-32(36(28,29)7)44-26(5)41)35(6)17-18-38(22-27(35)20-31(34)43-25(4)40)47-45-37(46-48-38)15-13-23(2)14-16-37/h23-24,27-32,34H,8-22H2,1-7H3,(H,39,42)/t23?,24?,27-,28-,29?,30?,31?,32+,34?,35+,36-,37?,38?/m1/s1. The number of carbonyl (C=O) groups is 3. The van der Waals surface area contributed by atoms with E-state index in [1.807, 2.05) is 0 Å². The van der Waals surface area contributed by atoms with Crippen LogP contribution in [-0.4, -0.2) is 48.2 Å². The van der Waals surface area contributed by atoms with Crippen molar-refractivity contribution in [3.63, 3.8) is 0 Å². The zero-order chi connectivity index (χ0) is 34.5. The number of ether oxygens (including phenoxy) is 2. The molecule has 5 saturated carbocycles. The summed E-state index contributed by atoms with van der Waals surface area (Å²) in [6.07, 6.45) is 10.7. The maximum atomic E-state index is 12.7. The Labute approximate surface area is 287 Å². The van der Waals surface area contributed by atoms with Gasteiger partial charge < -0.3 is 14.8 Å². The molecule has 0 bridgehead atoms. The molecule has 272 valence electrons. The predicted octanol–water partition coefficient (Wildman–Crippen LogP) is 7.18. The van der Waals surface area contributed by atoms with Gasteiger partial charge in [-0.1, -0.05) is 34.6 Å². The third-order valence-electron chi connectivity index (χ3n) is 14.2. The third kappa shape index (κ3) is 6.57. The van der Waals surface area contributed by atoms with Crippen molar-refractivity contribution < 1.29 is 43.4 Å². The van der Waals surface area contributed by atoms with E-state index in [1.54, 1.807) is 0 Å². The Morgan fingerprint density at radius 2 is 1.52 bits per heavy atom. The van der Waals surface area contributed by atoms with Crippen LogP contribution in [0.3, 0.4) is 0 Å². The molecule has 2 spiro atoms. The largest absolute Gasteiger partial charge is 0.462 e. The molecule has 0 aromatic heterocycles. The van der Waals surface area contributed by atoms with Crippen LogP contribution >= 0.6 is 0 Å². The van der Waals surface area contributed by atoms with Gasteiger partial charge in [-0.2, -0.15) is 19.6 Å². The lowest BCUT2D eigenvalue weighted by atomic mass is 9.42. The fraction of sp³-hybridized carbons (Fsp3) is 0.921. The lowest BCUT2D eigenvalue weighted by Gasteiger charge is -2.65. The number of esters is 2. The van der Waals surface area contributed by atoms with Crippen molar-refractivity contribution in [2.24, 2.45) is 52.3 Å². The van der Waals surface area contributed by atoms with Gasteiger partial charge in [0.2, 0.25) is 17.5 Å². The Bertz CT molecular complexity index is 1190. The third-order valence-corrected chi connectivity index (χ3v) is 14.2. The predicted molar refractivity (Wildman–Crippen MR) is 176 cm³/mol. The minimum atomic E-state index is -0.998. The molecule has 0 radical (unpaired) electrons. The molecule has 6 rings (SSSR count). The quantitative estimate of drug-likeness (QED) is 0.211. The minimum absolute atomic E-state index is 0.102. The van der Waals surface area contributed by atoms with E-state index in [1.165, 1.54) is 13.8 Å². The first-order valence-electron chi connectivity index (χ1n) is 19.1. The SMILES string of the molecule is CCCNC(=O)CCC(C)[C@H]1CCC2C3C(OC(C)=O)C[C@@H]4CC5(CC[C@]4(C)C3C[C@H](OC(C)=O)[C@@]21C)OOC1(CCC(C)CC1)OO5. The number of rotatable bonds is 8. The molecular formula is C38H61NO9. The first-order valence-corrected chi connectivity index (χ1v) is 19.1. The van der Waals surface area contributed by atoms with Crippen LogP contribution in [0.25, 0.3) is 0 Å². The molecule has 10 nitrogen and oxygen atoms in total. The number of hydrogen-bond donors (Lipinski definition) is 1. The number of fused-ring (bicyclic) bond motifs is 5. The summed E-state index contributed by atoms with van der Waals surface area (Å²) in [5.41, 5.74) is -0.387. The summed E-state index contributed by atoms with van der Waals surface area (Å²) in [6.45, 7) is 15.0. The lowest BCUT2D eigenvalue weighted by molar-refractivity contribution is -0.665. The van der Waals surface area contributed by atoms with Gasteiger partial charge in [0.15, 0.2) is 0 Å². The molecule has 5 aliphatic carbocycles. The average molecular weight is 676 g/mol. The average Bonchev–Trinajstić information content (AvgIpc) is 3.40. The van der Waals surface area contributed by atoms with Crippen molar-refractivity contribution in [2.45, 2.75) is 162 Å². The number of amides is 1. The first-order chi connectivity index (χ1) is 22.7. The summed E-state index contributed by atoms with van der Waals surface area (Å²) in [5, 5.41) is 3.02. The molecule has 10 atom stereocenters. The molecular weight excluding hydrogens is 614 g/mol. The highest BCUT2D eigenvalue weighted by Gasteiger charge is 2.69. The molecule has 1 saturated heterocycles. The van der Waals surface area contributed by atoms with E-state index in [-0.39, 0.29) is 70.5 Å². The number of nitrogens with one attached hydrogen (secondary N) is 1. The smallest absolute Gasteiger partial charge is 0.302 e. The van der Waals surface area contributed by atoms with Crippen LogP contribution in [0, 0.1) is 52.3 Å². The van der Waals surface area contributed by atoms with Gasteiger partial charge in [-0.15, -0.1) is 0 Å². The Balaban J connectivity index is 1.24. The summed E-state index contributed by atoms with van der Waals surface area (Å²) >= 11 is 0. The molecule has 5 unspecified atom stereocenters. The van der Waals surface area contributed by atoms with E-state index < -0.39 is 11.6 Å². The Morgan fingerprint density at radius 3 is 2.17 bits per heavy atom. The summed E-state index contributed by atoms with van der Waals surface area (Å²) in [4.78, 5) is 62.4. The molecule has 1 aliphatic heterocycles. The van der Waals surface area contributed by atoms with Crippen molar-refractivity contribution in [1.29, 1.82) is 0 Å². The second-order valence-electron chi connectivity index (χ2n) is 17.2. The van der Waals surface area contributed by atoms with E-state index in [4.69, 9.17) is 29.0 Å². The van der Waals surface area contributed by atoms with Crippen molar-refractivity contribution in [1.82, 2.24) is 5.32 Å². The van der Waals surface area contributed by atoms with E-state index in [0.29, 0.717) is 37.6 Å². The fourth-order valence-electron chi connectivity index (χ4n) is 11.5. The highest BCUT2D eigenvalue weighted by molar-refractivity contribution is 5.75. The molecule has 1 N–H and O–H groups in total. The van der Waals surface area contributed by atoms with Gasteiger partial charge in [0.05, 0.1) is 0 Å². The van der Waals surface area contributed by atoms with E-state index in [2.05, 4.69) is 39.9 Å². The van der Waals surface area contributed by atoms with Crippen molar-refractivity contribution in [3.8, 4) is 0 Å². The molecule has 0 aromatic rings. The summed E-state index contributed by atoms with van der Waals surface area (Å²) < 4.78 is 12.6. The topological polar surface area (TPSA) is 119 Å². The summed E-state index contributed by atoms with van der Waals surface area (Å²) in [6, 6.07) is 0. The number of carbonyl (C=O) groups excluding carboxylic acids is 3. The van der Waals surface area contributed by atoms with Crippen LogP contribution in [0.2, 0.25) is 0 Å². The van der Waals surface area contributed by atoms with Crippen molar-refractivity contribution in [3.05, 3.63) is 0 Å². The van der Waals surface area contributed by atoms with E-state index >= 15 is 0 Å². The highest BCUT2D eigenvalue weighted by atomic mass is 17.4. The molecule has 48 heavy (non-hydrogen) atoms. The Morgan fingerprint density at radius 1 is 0.854 bits per heavy atom.